The third-order valence-corrected chi connectivity index (χ3v) is 4.85. The molecule has 0 spiro atoms. The van der Waals surface area contributed by atoms with Crippen LogP contribution in [0.5, 0.6) is 0 Å². The lowest BCUT2D eigenvalue weighted by atomic mass is 10.00. The van der Waals surface area contributed by atoms with Gasteiger partial charge in [-0.15, -0.1) is 0 Å². The van der Waals surface area contributed by atoms with Gasteiger partial charge in [0.15, 0.2) is 0 Å². The smallest absolute Gasteiger partial charge is 0.137 e. The summed E-state index contributed by atoms with van der Waals surface area (Å²) in [5, 5.41) is 9.92. The van der Waals surface area contributed by atoms with Crippen molar-refractivity contribution in [1.82, 2.24) is 4.90 Å². The molecular formula is C15H19FN2OS. The summed E-state index contributed by atoms with van der Waals surface area (Å²) in [4.78, 5) is 2.32. The minimum atomic E-state index is -0.308. The molecule has 1 saturated heterocycles. The minimum absolute atomic E-state index is 0.0954. The molecule has 1 aliphatic carbocycles. The first-order valence-corrected chi connectivity index (χ1v) is 7.44. The molecule has 3 unspecified atom stereocenters. The fourth-order valence-corrected chi connectivity index (χ4v) is 3.75. The molecule has 0 radical (unpaired) electrons. The highest BCUT2D eigenvalue weighted by molar-refractivity contribution is 7.80. The van der Waals surface area contributed by atoms with Crippen molar-refractivity contribution in [3.8, 4) is 0 Å². The van der Waals surface area contributed by atoms with Crippen LogP contribution in [0.4, 0.5) is 4.39 Å². The number of hydrogen-bond acceptors (Lipinski definition) is 3. The van der Waals surface area contributed by atoms with Gasteiger partial charge in [-0.1, -0.05) is 24.4 Å². The van der Waals surface area contributed by atoms with Crippen molar-refractivity contribution in [1.29, 1.82) is 0 Å². The molecule has 3 rings (SSSR count). The van der Waals surface area contributed by atoms with E-state index in [4.69, 9.17) is 18.0 Å². The molecule has 1 saturated carbocycles. The lowest BCUT2D eigenvalue weighted by molar-refractivity contribution is 0.123. The van der Waals surface area contributed by atoms with Gasteiger partial charge in [-0.25, -0.2) is 4.39 Å². The summed E-state index contributed by atoms with van der Waals surface area (Å²) < 4.78 is 14.3. The van der Waals surface area contributed by atoms with Crippen LogP contribution in [0.2, 0.25) is 0 Å². The Labute approximate surface area is 123 Å². The van der Waals surface area contributed by atoms with Crippen LogP contribution < -0.4 is 5.73 Å². The van der Waals surface area contributed by atoms with Crippen molar-refractivity contribution in [2.24, 2.45) is 17.6 Å². The van der Waals surface area contributed by atoms with E-state index in [0.717, 1.165) is 25.9 Å². The van der Waals surface area contributed by atoms with Crippen molar-refractivity contribution < 1.29 is 9.50 Å². The summed E-state index contributed by atoms with van der Waals surface area (Å²) in [5.41, 5.74) is 6.48. The molecule has 20 heavy (non-hydrogen) atoms. The summed E-state index contributed by atoms with van der Waals surface area (Å²) in [6.07, 6.45) is 1.81. The molecule has 1 aromatic carbocycles. The molecule has 1 heterocycles. The van der Waals surface area contributed by atoms with E-state index < -0.39 is 0 Å². The van der Waals surface area contributed by atoms with Gasteiger partial charge in [0.25, 0.3) is 0 Å². The molecule has 3 N–H and O–H groups in total. The predicted molar refractivity (Wildman–Crippen MR) is 79.8 cm³/mol. The monoisotopic (exact) mass is 294 g/mol. The van der Waals surface area contributed by atoms with E-state index in [0.29, 0.717) is 29.5 Å². The lowest BCUT2D eigenvalue weighted by Gasteiger charge is -2.19. The van der Waals surface area contributed by atoms with Crippen LogP contribution in [0.3, 0.4) is 0 Å². The first-order valence-electron chi connectivity index (χ1n) is 7.04. The molecule has 0 aromatic heterocycles. The van der Waals surface area contributed by atoms with Crippen LogP contribution in [0, 0.1) is 17.7 Å². The Balaban J connectivity index is 1.73. The number of halogens is 1. The van der Waals surface area contributed by atoms with Gasteiger partial charge < -0.3 is 10.8 Å². The van der Waals surface area contributed by atoms with E-state index in [1.165, 1.54) is 0 Å². The number of thiocarbonyl (C=S) groups is 1. The number of nitrogens with zero attached hydrogens (tertiary/aromatic N) is 1. The van der Waals surface area contributed by atoms with E-state index in [2.05, 4.69) is 4.90 Å². The van der Waals surface area contributed by atoms with Crippen molar-refractivity contribution in [3.63, 3.8) is 0 Å². The van der Waals surface area contributed by atoms with Gasteiger partial charge in [-0.3, -0.25) is 4.90 Å². The number of hydrogen-bond donors (Lipinski definition) is 2. The Hall–Kier alpha value is -1.04. The van der Waals surface area contributed by atoms with Gasteiger partial charge in [0.05, 0.1) is 6.10 Å². The number of aliphatic hydroxyl groups is 1. The zero-order valence-corrected chi connectivity index (χ0v) is 12.1. The summed E-state index contributed by atoms with van der Waals surface area (Å²) >= 11 is 4.86. The number of benzene rings is 1. The second-order valence-electron chi connectivity index (χ2n) is 5.91. The first kappa shape index (κ1) is 13.9. The lowest BCUT2D eigenvalue weighted by Crippen LogP contribution is -2.25. The van der Waals surface area contributed by atoms with Crippen molar-refractivity contribution in [2.75, 3.05) is 13.1 Å². The standard InChI is InChI=1S/C15H19FN2OS/c16-14-10(2-1-3-11(14)15(17)20)7-18-6-9-4-5-13(19)12(9)8-18/h1-3,9,12-13,19H,4-8H2,(H2,17,20). The largest absolute Gasteiger partial charge is 0.393 e. The van der Waals surface area contributed by atoms with Crippen molar-refractivity contribution in [3.05, 3.63) is 35.1 Å². The molecule has 3 nitrogen and oxygen atoms in total. The normalized spacial score (nSPS) is 29.6. The maximum Gasteiger partial charge on any atom is 0.137 e. The average Bonchev–Trinajstić information content (AvgIpc) is 2.94. The van der Waals surface area contributed by atoms with Gasteiger partial charge >= 0.3 is 0 Å². The van der Waals surface area contributed by atoms with Crippen LogP contribution in [0.1, 0.15) is 24.0 Å². The summed E-state index contributed by atoms with van der Waals surface area (Å²) in [6, 6.07) is 5.18. The van der Waals surface area contributed by atoms with E-state index in [1.807, 2.05) is 0 Å². The zero-order valence-electron chi connectivity index (χ0n) is 11.3. The number of nitrogens with two attached hydrogens (primary N) is 1. The molecule has 1 aliphatic heterocycles. The maximum atomic E-state index is 14.3. The number of rotatable bonds is 3. The molecule has 0 amide bonds. The van der Waals surface area contributed by atoms with Crippen LogP contribution >= 0.6 is 12.2 Å². The minimum Gasteiger partial charge on any atom is -0.393 e. The Bertz CT molecular complexity index is 537. The Kier molecular flexibility index (Phi) is 3.75. The molecule has 108 valence electrons. The fraction of sp³-hybridized carbons (Fsp3) is 0.533. The van der Waals surface area contributed by atoms with Crippen LogP contribution in [0.15, 0.2) is 18.2 Å². The summed E-state index contributed by atoms with van der Waals surface area (Å²) in [5.74, 6) is 0.612. The molecular weight excluding hydrogens is 275 g/mol. The van der Waals surface area contributed by atoms with E-state index in [9.17, 15) is 9.50 Å². The van der Waals surface area contributed by atoms with Crippen LogP contribution in [-0.4, -0.2) is 34.2 Å². The predicted octanol–water partition coefficient (Wildman–Crippen LogP) is 1.66. The Morgan fingerprint density at radius 3 is 2.90 bits per heavy atom. The molecule has 2 fully saturated rings. The molecule has 5 heteroatoms. The van der Waals surface area contributed by atoms with Gasteiger partial charge in [-0.05, 0) is 24.8 Å². The van der Waals surface area contributed by atoms with Gasteiger partial charge in [-0.2, -0.15) is 0 Å². The van der Waals surface area contributed by atoms with E-state index >= 15 is 0 Å². The van der Waals surface area contributed by atoms with Crippen LogP contribution in [-0.2, 0) is 6.54 Å². The third kappa shape index (κ3) is 2.45. The highest BCUT2D eigenvalue weighted by atomic mass is 32.1. The van der Waals surface area contributed by atoms with E-state index in [-0.39, 0.29) is 16.9 Å². The van der Waals surface area contributed by atoms with Gasteiger partial charge in [0, 0.05) is 36.7 Å². The highest BCUT2D eigenvalue weighted by Crippen LogP contribution is 2.38. The summed E-state index contributed by atoms with van der Waals surface area (Å²) in [7, 11) is 0. The van der Waals surface area contributed by atoms with E-state index in [1.54, 1.807) is 18.2 Å². The molecule has 2 aliphatic rings. The molecule has 1 aromatic rings. The first-order chi connectivity index (χ1) is 9.56. The maximum absolute atomic E-state index is 14.3. The summed E-state index contributed by atoms with van der Waals surface area (Å²) in [6.45, 7) is 2.35. The fourth-order valence-electron chi connectivity index (χ4n) is 3.59. The molecule has 0 bridgehead atoms. The van der Waals surface area contributed by atoms with Crippen molar-refractivity contribution >= 4 is 17.2 Å². The quantitative estimate of drug-likeness (QED) is 0.833. The number of fused-ring (bicyclic) bond motifs is 1. The van der Waals surface area contributed by atoms with Gasteiger partial charge in [0.2, 0.25) is 0 Å². The van der Waals surface area contributed by atoms with Gasteiger partial charge in [0.1, 0.15) is 10.8 Å². The van der Waals surface area contributed by atoms with Crippen molar-refractivity contribution in [2.45, 2.75) is 25.5 Å². The Morgan fingerprint density at radius 2 is 2.20 bits per heavy atom. The SMILES string of the molecule is NC(=S)c1cccc(CN2CC3CCC(O)C3C2)c1F. The van der Waals surface area contributed by atoms with Crippen LogP contribution in [0.25, 0.3) is 0 Å². The number of likely N-dealkylation sites (tertiary alicyclic amines) is 1. The number of aliphatic hydroxyl groups excluding tert-OH is 1. The second kappa shape index (κ2) is 5.39. The second-order valence-corrected chi connectivity index (χ2v) is 6.35. The highest BCUT2D eigenvalue weighted by Gasteiger charge is 2.41. The zero-order chi connectivity index (χ0) is 14.3. The Morgan fingerprint density at radius 1 is 1.40 bits per heavy atom. The molecule has 3 atom stereocenters. The third-order valence-electron chi connectivity index (χ3n) is 4.63. The topological polar surface area (TPSA) is 49.5 Å². The average molecular weight is 294 g/mol.